The molecule has 4 heteroatoms. The van der Waals surface area contributed by atoms with E-state index in [1.54, 1.807) is 0 Å². The van der Waals surface area contributed by atoms with Crippen molar-refractivity contribution in [1.29, 1.82) is 0 Å². The highest BCUT2D eigenvalue weighted by Gasteiger charge is 2.20. The molecule has 0 saturated carbocycles. The van der Waals surface area contributed by atoms with E-state index in [0.29, 0.717) is 0 Å². The summed E-state index contributed by atoms with van der Waals surface area (Å²) in [5, 5.41) is 2.35. The molecule has 3 rings (SSSR count). The molecule has 0 aliphatic carbocycles. The summed E-state index contributed by atoms with van der Waals surface area (Å²) in [6, 6.07) is 18.0. The first-order chi connectivity index (χ1) is 10.1. The molecule has 2 unspecified atom stereocenters. The van der Waals surface area contributed by atoms with Crippen LogP contribution in [0.3, 0.4) is 0 Å². The molecule has 21 heavy (non-hydrogen) atoms. The van der Waals surface area contributed by atoms with Crippen LogP contribution in [0.1, 0.15) is 17.9 Å². The minimum absolute atomic E-state index is 0.119. The van der Waals surface area contributed by atoms with Gasteiger partial charge in [-0.05, 0) is 42.0 Å². The number of halogens is 1. The maximum Gasteiger partial charge on any atom is 0.148 e. The Bertz CT molecular complexity index is 753. The first kappa shape index (κ1) is 14.4. The van der Waals surface area contributed by atoms with Gasteiger partial charge in [-0.15, -0.1) is 11.3 Å². The topological polar surface area (TPSA) is 35.2 Å². The number of hydrogen-bond acceptors (Lipinski definition) is 3. The molecule has 0 amide bonds. The highest BCUT2D eigenvalue weighted by atomic mass is 35.5. The molecule has 1 heterocycles. The second-order valence-electron chi connectivity index (χ2n) is 5.05. The summed E-state index contributed by atoms with van der Waals surface area (Å²) in [4.78, 5) is 1.04. The van der Waals surface area contributed by atoms with Crippen molar-refractivity contribution in [3.05, 3.63) is 63.8 Å². The minimum atomic E-state index is -0.191. The van der Waals surface area contributed by atoms with Crippen LogP contribution in [-0.2, 0) is 0 Å². The van der Waals surface area contributed by atoms with Gasteiger partial charge in [0.05, 0.1) is 4.34 Å². The van der Waals surface area contributed by atoms with Crippen LogP contribution in [0.25, 0.3) is 10.8 Å². The van der Waals surface area contributed by atoms with Gasteiger partial charge in [0.15, 0.2) is 0 Å². The lowest BCUT2D eigenvalue weighted by Crippen LogP contribution is -2.28. The van der Waals surface area contributed by atoms with Crippen LogP contribution in [0, 0.1) is 0 Å². The molecule has 2 nitrogen and oxygen atoms in total. The van der Waals surface area contributed by atoms with Crippen LogP contribution >= 0.6 is 22.9 Å². The Morgan fingerprint density at radius 1 is 1.05 bits per heavy atom. The Morgan fingerprint density at radius 2 is 1.81 bits per heavy atom. The molecule has 0 aliphatic heterocycles. The van der Waals surface area contributed by atoms with E-state index in [9.17, 15) is 0 Å². The molecule has 0 fully saturated rings. The van der Waals surface area contributed by atoms with Gasteiger partial charge in [0.2, 0.25) is 0 Å². The second-order valence-corrected chi connectivity index (χ2v) is 6.80. The van der Waals surface area contributed by atoms with E-state index >= 15 is 0 Å². The molecule has 2 atom stereocenters. The maximum atomic E-state index is 6.11. The normalized spacial score (nSPS) is 14.0. The fraction of sp³-hybridized carbons (Fsp3) is 0.176. The molecular formula is C17H16ClNOS. The lowest BCUT2D eigenvalue weighted by atomic mass is 10.1. The predicted molar refractivity (Wildman–Crippen MR) is 90.3 cm³/mol. The molecular weight excluding hydrogens is 302 g/mol. The van der Waals surface area contributed by atoms with E-state index in [1.807, 2.05) is 43.3 Å². The van der Waals surface area contributed by atoms with Gasteiger partial charge in [-0.1, -0.05) is 41.9 Å². The van der Waals surface area contributed by atoms with Gasteiger partial charge in [-0.2, -0.15) is 0 Å². The molecule has 0 saturated heterocycles. The van der Waals surface area contributed by atoms with Crippen molar-refractivity contribution in [2.45, 2.75) is 19.1 Å². The number of fused-ring (bicyclic) bond motifs is 1. The van der Waals surface area contributed by atoms with Crippen LogP contribution in [0.5, 0.6) is 5.75 Å². The van der Waals surface area contributed by atoms with E-state index in [1.165, 1.54) is 16.7 Å². The highest BCUT2D eigenvalue weighted by molar-refractivity contribution is 7.16. The third kappa shape index (κ3) is 3.21. The first-order valence-corrected chi connectivity index (χ1v) is 7.99. The molecule has 2 aromatic carbocycles. The Kier molecular flexibility index (Phi) is 4.15. The average molecular weight is 318 g/mol. The SMILES string of the molecule is CC(N)C(Oc1ccc2ccccc2c1)c1ccc(Cl)s1. The maximum absolute atomic E-state index is 6.11. The van der Waals surface area contributed by atoms with E-state index in [-0.39, 0.29) is 12.1 Å². The standard InChI is InChI=1S/C17H16ClNOS/c1-11(19)17(15-8-9-16(18)21-15)20-14-7-6-12-4-2-3-5-13(12)10-14/h2-11,17H,19H2,1H3. The summed E-state index contributed by atoms with van der Waals surface area (Å²) < 4.78 is 6.86. The van der Waals surface area contributed by atoms with Crippen molar-refractivity contribution in [2.24, 2.45) is 5.73 Å². The molecule has 108 valence electrons. The fourth-order valence-electron chi connectivity index (χ4n) is 2.29. The van der Waals surface area contributed by atoms with Gasteiger partial charge in [0.1, 0.15) is 11.9 Å². The number of rotatable bonds is 4. The molecule has 0 spiro atoms. The van der Waals surface area contributed by atoms with Crippen molar-refractivity contribution in [3.63, 3.8) is 0 Å². The highest BCUT2D eigenvalue weighted by Crippen LogP contribution is 2.32. The third-order valence-electron chi connectivity index (χ3n) is 3.34. The predicted octanol–water partition coefficient (Wildman–Crippen LogP) is 5.02. The van der Waals surface area contributed by atoms with Crippen molar-refractivity contribution in [1.82, 2.24) is 0 Å². The van der Waals surface area contributed by atoms with Crippen LogP contribution in [0.4, 0.5) is 0 Å². The summed E-state index contributed by atoms with van der Waals surface area (Å²) in [6.45, 7) is 1.94. The van der Waals surface area contributed by atoms with Crippen LogP contribution < -0.4 is 10.5 Å². The van der Waals surface area contributed by atoms with E-state index in [2.05, 4.69) is 18.2 Å². The third-order valence-corrected chi connectivity index (χ3v) is 4.63. The molecule has 2 N–H and O–H groups in total. The lowest BCUT2D eigenvalue weighted by Gasteiger charge is -2.21. The fourth-order valence-corrected chi connectivity index (χ4v) is 3.50. The minimum Gasteiger partial charge on any atom is -0.483 e. The van der Waals surface area contributed by atoms with E-state index in [4.69, 9.17) is 22.1 Å². The van der Waals surface area contributed by atoms with Gasteiger partial charge in [0, 0.05) is 10.9 Å². The van der Waals surface area contributed by atoms with Crippen LogP contribution in [0.2, 0.25) is 4.34 Å². The van der Waals surface area contributed by atoms with Gasteiger partial charge in [-0.3, -0.25) is 0 Å². The summed E-state index contributed by atoms with van der Waals surface area (Å²) >= 11 is 7.52. The van der Waals surface area contributed by atoms with Crippen molar-refractivity contribution in [2.75, 3.05) is 0 Å². The van der Waals surface area contributed by atoms with Crippen LogP contribution in [-0.4, -0.2) is 6.04 Å². The molecule has 0 radical (unpaired) electrons. The molecule has 3 aromatic rings. The van der Waals surface area contributed by atoms with Gasteiger partial charge < -0.3 is 10.5 Å². The smallest absolute Gasteiger partial charge is 0.148 e. The summed E-state index contributed by atoms with van der Waals surface area (Å²) in [5.74, 6) is 0.820. The van der Waals surface area contributed by atoms with E-state index < -0.39 is 0 Å². The van der Waals surface area contributed by atoms with Gasteiger partial charge in [-0.25, -0.2) is 0 Å². The van der Waals surface area contributed by atoms with Crippen molar-refractivity contribution >= 4 is 33.7 Å². The zero-order chi connectivity index (χ0) is 14.8. The van der Waals surface area contributed by atoms with Gasteiger partial charge in [0.25, 0.3) is 0 Å². The second kappa shape index (κ2) is 6.06. The Labute approximate surface area is 133 Å². The zero-order valence-electron chi connectivity index (χ0n) is 11.6. The quantitative estimate of drug-likeness (QED) is 0.733. The lowest BCUT2D eigenvalue weighted by molar-refractivity contribution is 0.184. The molecule has 0 aliphatic rings. The first-order valence-electron chi connectivity index (χ1n) is 6.80. The number of hydrogen-bond donors (Lipinski definition) is 1. The van der Waals surface area contributed by atoms with E-state index in [0.717, 1.165) is 20.3 Å². The number of ether oxygens (including phenoxy) is 1. The average Bonchev–Trinajstić information content (AvgIpc) is 2.90. The molecule has 0 bridgehead atoms. The number of nitrogens with two attached hydrogens (primary N) is 1. The summed E-state index contributed by atoms with van der Waals surface area (Å²) in [6.07, 6.45) is -0.191. The number of benzene rings is 2. The molecule has 1 aromatic heterocycles. The largest absolute Gasteiger partial charge is 0.483 e. The number of thiophene rings is 1. The summed E-state index contributed by atoms with van der Waals surface area (Å²) in [5.41, 5.74) is 6.08. The Morgan fingerprint density at radius 3 is 2.48 bits per heavy atom. The van der Waals surface area contributed by atoms with Crippen molar-refractivity contribution in [3.8, 4) is 5.75 Å². The van der Waals surface area contributed by atoms with Crippen molar-refractivity contribution < 1.29 is 4.74 Å². The van der Waals surface area contributed by atoms with Gasteiger partial charge >= 0.3 is 0 Å². The monoisotopic (exact) mass is 317 g/mol. The zero-order valence-corrected chi connectivity index (χ0v) is 13.2. The van der Waals surface area contributed by atoms with Crippen LogP contribution in [0.15, 0.2) is 54.6 Å². The summed E-state index contributed by atoms with van der Waals surface area (Å²) in [7, 11) is 0. The Hall–Kier alpha value is -1.55. The Balaban J connectivity index is 1.90.